The van der Waals surface area contributed by atoms with Gasteiger partial charge in [-0.25, -0.2) is 0 Å². The predicted octanol–water partition coefficient (Wildman–Crippen LogP) is 4.78. The summed E-state index contributed by atoms with van der Waals surface area (Å²) >= 11 is 0. The summed E-state index contributed by atoms with van der Waals surface area (Å²) in [5.41, 5.74) is 2.53. The molecule has 2 saturated carbocycles. The number of nitrogens with one attached hydrogen (secondary N) is 1. The van der Waals surface area contributed by atoms with Crippen LogP contribution in [0.4, 0.5) is 0 Å². The molecule has 3 fully saturated rings. The molecule has 2 aromatic rings. The zero-order chi connectivity index (χ0) is 23.8. The van der Waals surface area contributed by atoms with Crippen LogP contribution in [-0.4, -0.2) is 59.4 Å². The molecule has 2 aromatic carbocycles. The maximum Gasteiger partial charge on any atom is 0.254 e. The van der Waals surface area contributed by atoms with E-state index in [2.05, 4.69) is 15.1 Å². The first kappa shape index (κ1) is 22.6. The summed E-state index contributed by atoms with van der Waals surface area (Å²) < 4.78 is 6.06. The van der Waals surface area contributed by atoms with E-state index in [1.807, 2.05) is 30.3 Å². The number of benzene rings is 2. The first-order chi connectivity index (χ1) is 17.1. The van der Waals surface area contributed by atoms with Gasteiger partial charge < -0.3 is 19.9 Å². The first-order valence-corrected chi connectivity index (χ1v) is 13.4. The van der Waals surface area contributed by atoms with Gasteiger partial charge in [0.1, 0.15) is 11.5 Å². The van der Waals surface area contributed by atoms with E-state index in [1.165, 1.54) is 25.7 Å². The fourth-order valence-corrected chi connectivity index (χ4v) is 5.84. The number of amides is 2. The molecule has 2 aliphatic carbocycles. The molecule has 0 bridgehead atoms. The lowest BCUT2D eigenvalue weighted by Gasteiger charge is -2.45. The zero-order valence-electron chi connectivity index (χ0n) is 20.4. The topological polar surface area (TPSA) is 61.9 Å². The summed E-state index contributed by atoms with van der Waals surface area (Å²) in [6, 6.07) is 14.6. The molecule has 6 nitrogen and oxygen atoms in total. The molecule has 0 radical (unpaired) electrons. The Morgan fingerprint density at radius 1 is 0.829 bits per heavy atom. The summed E-state index contributed by atoms with van der Waals surface area (Å²) in [5.74, 6) is 1.56. The van der Waals surface area contributed by atoms with Gasteiger partial charge in [0.2, 0.25) is 0 Å². The van der Waals surface area contributed by atoms with Crippen LogP contribution in [-0.2, 0) is 6.42 Å². The Balaban J connectivity index is 1.06. The second-order valence-corrected chi connectivity index (χ2v) is 10.6. The number of likely N-dealkylation sites (tertiary alicyclic amines) is 1. The standard InChI is InChI=1S/C29H35N3O3/c33-28(30-22-3-1-4-22)20-7-9-25(10-8-20)35-26-11-12-27-21(19-26)13-18-32(29(27)34)24-14-16-31(17-15-24)23-5-2-6-23/h7-12,19,22-24H,1-6,13-18H2,(H,30,33). The van der Waals surface area contributed by atoms with Gasteiger partial charge in [0.15, 0.2) is 0 Å². The average molecular weight is 474 g/mol. The van der Waals surface area contributed by atoms with Crippen molar-refractivity contribution in [3.63, 3.8) is 0 Å². The van der Waals surface area contributed by atoms with E-state index in [1.54, 1.807) is 12.1 Å². The average Bonchev–Trinajstić information content (AvgIpc) is 2.82. The molecule has 6 heteroatoms. The van der Waals surface area contributed by atoms with Crippen molar-refractivity contribution in [3.8, 4) is 11.5 Å². The Kier molecular flexibility index (Phi) is 6.23. The molecule has 2 heterocycles. The summed E-state index contributed by atoms with van der Waals surface area (Å²) in [5, 5.41) is 3.06. The minimum Gasteiger partial charge on any atom is -0.457 e. The van der Waals surface area contributed by atoms with E-state index >= 15 is 0 Å². The first-order valence-electron chi connectivity index (χ1n) is 13.4. The van der Waals surface area contributed by atoms with Crippen LogP contribution in [0.3, 0.4) is 0 Å². The van der Waals surface area contributed by atoms with Crippen molar-refractivity contribution in [3.05, 3.63) is 59.2 Å². The van der Waals surface area contributed by atoms with Crippen LogP contribution >= 0.6 is 0 Å². The Labute approximate surface area is 207 Å². The van der Waals surface area contributed by atoms with Crippen molar-refractivity contribution < 1.29 is 14.3 Å². The molecule has 4 aliphatic rings. The number of fused-ring (bicyclic) bond motifs is 1. The van der Waals surface area contributed by atoms with Crippen molar-refractivity contribution in [2.75, 3.05) is 19.6 Å². The van der Waals surface area contributed by atoms with Crippen LogP contribution in [0.2, 0.25) is 0 Å². The van der Waals surface area contributed by atoms with Crippen molar-refractivity contribution in [1.82, 2.24) is 15.1 Å². The van der Waals surface area contributed by atoms with E-state index in [0.29, 0.717) is 23.4 Å². The third kappa shape index (κ3) is 4.68. The molecule has 1 N–H and O–H groups in total. The molecule has 35 heavy (non-hydrogen) atoms. The zero-order valence-corrected chi connectivity index (χ0v) is 20.4. The molecule has 184 valence electrons. The number of nitrogens with zero attached hydrogens (tertiary/aromatic N) is 2. The highest BCUT2D eigenvalue weighted by molar-refractivity contribution is 5.97. The van der Waals surface area contributed by atoms with Crippen molar-refractivity contribution in [1.29, 1.82) is 0 Å². The van der Waals surface area contributed by atoms with E-state index in [4.69, 9.17) is 4.74 Å². The highest BCUT2D eigenvalue weighted by Crippen LogP contribution is 2.32. The van der Waals surface area contributed by atoms with Crippen LogP contribution in [0.1, 0.15) is 77.6 Å². The van der Waals surface area contributed by atoms with Crippen molar-refractivity contribution in [2.45, 2.75) is 75.9 Å². The van der Waals surface area contributed by atoms with E-state index in [9.17, 15) is 9.59 Å². The second kappa shape index (κ2) is 9.65. The lowest BCUT2D eigenvalue weighted by atomic mass is 9.88. The van der Waals surface area contributed by atoms with E-state index in [-0.39, 0.29) is 11.8 Å². The van der Waals surface area contributed by atoms with Gasteiger partial charge in [-0.15, -0.1) is 0 Å². The molecule has 2 aliphatic heterocycles. The lowest BCUT2D eigenvalue weighted by molar-refractivity contribution is 0.0414. The molecule has 6 rings (SSSR count). The van der Waals surface area contributed by atoms with E-state index in [0.717, 1.165) is 74.7 Å². The van der Waals surface area contributed by atoms with E-state index < -0.39 is 0 Å². The normalized spacial score (nSPS) is 21.7. The van der Waals surface area contributed by atoms with Crippen LogP contribution < -0.4 is 10.1 Å². The molecule has 0 aromatic heterocycles. The van der Waals surface area contributed by atoms with Crippen molar-refractivity contribution in [2.24, 2.45) is 0 Å². The van der Waals surface area contributed by atoms with Gasteiger partial charge in [0.25, 0.3) is 11.8 Å². The Morgan fingerprint density at radius 2 is 1.54 bits per heavy atom. The smallest absolute Gasteiger partial charge is 0.254 e. The molecule has 0 atom stereocenters. The Bertz CT molecular complexity index is 1080. The maximum atomic E-state index is 13.3. The summed E-state index contributed by atoms with van der Waals surface area (Å²) in [6.07, 6.45) is 10.5. The number of ether oxygens (including phenoxy) is 1. The Morgan fingerprint density at radius 3 is 2.20 bits per heavy atom. The minimum atomic E-state index is -0.0215. The predicted molar refractivity (Wildman–Crippen MR) is 135 cm³/mol. The SMILES string of the molecule is O=C(NC1CCC1)c1ccc(Oc2ccc3c(c2)CCN(C2CCN(C4CCC4)CC2)C3=O)cc1. The van der Waals surface area contributed by atoms with Gasteiger partial charge in [-0.3, -0.25) is 9.59 Å². The number of hydrogen-bond donors (Lipinski definition) is 1. The number of carbonyl (C=O) groups is 2. The summed E-state index contributed by atoms with van der Waals surface area (Å²) in [7, 11) is 0. The number of hydrogen-bond acceptors (Lipinski definition) is 4. The molecule has 0 unspecified atom stereocenters. The summed E-state index contributed by atoms with van der Waals surface area (Å²) in [4.78, 5) is 30.4. The van der Waals surface area contributed by atoms with Gasteiger partial charge in [0.05, 0.1) is 0 Å². The van der Waals surface area contributed by atoms with Gasteiger partial charge in [0, 0.05) is 48.9 Å². The van der Waals surface area contributed by atoms with Crippen LogP contribution in [0.15, 0.2) is 42.5 Å². The molecule has 2 amide bonds. The molecular formula is C29H35N3O3. The van der Waals surface area contributed by atoms with Gasteiger partial charge in [-0.05, 0) is 99.4 Å². The number of rotatable bonds is 6. The lowest BCUT2D eigenvalue weighted by Crippen LogP contribution is -2.52. The number of carbonyl (C=O) groups excluding carboxylic acids is 2. The van der Waals surface area contributed by atoms with Crippen LogP contribution in [0, 0.1) is 0 Å². The highest BCUT2D eigenvalue weighted by Gasteiger charge is 2.35. The molecule has 0 spiro atoms. The van der Waals surface area contributed by atoms with Crippen LogP contribution in [0.25, 0.3) is 0 Å². The number of piperidine rings is 1. The van der Waals surface area contributed by atoms with Gasteiger partial charge in [-0.2, -0.15) is 0 Å². The van der Waals surface area contributed by atoms with Gasteiger partial charge in [-0.1, -0.05) is 6.42 Å². The monoisotopic (exact) mass is 473 g/mol. The third-order valence-electron chi connectivity index (χ3n) is 8.51. The maximum absolute atomic E-state index is 13.3. The largest absolute Gasteiger partial charge is 0.457 e. The fraction of sp³-hybridized carbons (Fsp3) is 0.517. The fourth-order valence-electron chi connectivity index (χ4n) is 5.84. The Hall–Kier alpha value is -2.86. The summed E-state index contributed by atoms with van der Waals surface area (Å²) in [6.45, 7) is 3.04. The van der Waals surface area contributed by atoms with Gasteiger partial charge >= 0.3 is 0 Å². The second-order valence-electron chi connectivity index (χ2n) is 10.6. The molecular weight excluding hydrogens is 438 g/mol. The minimum absolute atomic E-state index is 0.0215. The quantitative estimate of drug-likeness (QED) is 0.656. The van der Waals surface area contributed by atoms with Crippen molar-refractivity contribution >= 4 is 11.8 Å². The van der Waals surface area contributed by atoms with Crippen LogP contribution in [0.5, 0.6) is 11.5 Å². The molecule has 1 saturated heterocycles. The highest BCUT2D eigenvalue weighted by atomic mass is 16.5. The third-order valence-corrected chi connectivity index (χ3v) is 8.51.